The molecule has 1 amide bonds. The number of H-pyrrole nitrogens is 1. The van der Waals surface area contributed by atoms with E-state index in [2.05, 4.69) is 20.2 Å². The predicted octanol–water partition coefficient (Wildman–Crippen LogP) is 2.44. The average Bonchev–Trinajstić information content (AvgIpc) is 3.05. The Labute approximate surface area is 178 Å². The highest BCUT2D eigenvalue weighted by molar-refractivity contribution is 7.20. The summed E-state index contributed by atoms with van der Waals surface area (Å²) in [7, 11) is 3.82. The van der Waals surface area contributed by atoms with E-state index in [0.29, 0.717) is 38.7 Å². The van der Waals surface area contributed by atoms with Gasteiger partial charge in [0.05, 0.1) is 30.0 Å². The van der Waals surface area contributed by atoms with Crippen LogP contribution in [0.3, 0.4) is 0 Å². The summed E-state index contributed by atoms with van der Waals surface area (Å²) >= 11 is 1.25. The van der Waals surface area contributed by atoms with Crippen LogP contribution in [0.4, 0.5) is 11.4 Å². The molecule has 0 spiro atoms. The third kappa shape index (κ3) is 4.23. The molecule has 1 saturated heterocycles. The standard InChI is InChI=1S/C21H25N5O3S/c1-13-17-19(27)23-16(12-25(2)3)24-21(17)30-18(13)20(28)22-14-4-6-15(7-5-14)26-8-10-29-11-9-26/h4-7H,8-12H2,1-3H3,(H,22,28)(H,23,24,27). The molecule has 0 unspecified atom stereocenters. The molecule has 0 saturated carbocycles. The molecule has 9 heteroatoms. The van der Waals surface area contributed by atoms with Gasteiger partial charge in [0.1, 0.15) is 10.7 Å². The number of hydrogen-bond donors (Lipinski definition) is 2. The minimum Gasteiger partial charge on any atom is -0.378 e. The summed E-state index contributed by atoms with van der Waals surface area (Å²) in [6, 6.07) is 7.79. The van der Waals surface area contributed by atoms with Crippen molar-refractivity contribution in [3.63, 3.8) is 0 Å². The second kappa shape index (κ2) is 8.55. The van der Waals surface area contributed by atoms with E-state index in [-0.39, 0.29) is 11.5 Å². The fourth-order valence-corrected chi connectivity index (χ4v) is 4.64. The summed E-state index contributed by atoms with van der Waals surface area (Å²) in [5.74, 6) is 0.354. The molecule has 0 radical (unpaired) electrons. The zero-order valence-electron chi connectivity index (χ0n) is 17.3. The Morgan fingerprint density at radius 1 is 1.27 bits per heavy atom. The van der Waals surface area contributed by atoms with Crippen LogP contribution in [0.1, 0.15) is 21.1 Å². The SMILES string of the molecule is Cc1c(C(=O)Nc2ccc(N3CCOCC3)cc2)sc2nc(CN(C)C)[nH]c(=O)c12. The van der Waals surface area contributed by atoms with Crippen molar-refractivity contribution >= 4 is 38.8 Å². The van der Waals surface area contributed by atoms with Crippen molar-refractivity contribution in [2.75, 3.05) is 50.6 Å². The smallest absolute Gasteiger partial charge is 0.266 e. The fraction of sp³-hybridized carbons (Fsp3) is 0.381. The molecule has 30 heavy (non-hydrogen) atoms. The summed E-state index contributed by atoms with van der Waals surface area (Å²) in [6.45, 7) is 5.51. The van der Waals surface area contributed by atoms with Crippen LogP contribution in [0.25, 0.3) is 10.2 Å². The van der Waals surface area contributed by atoms with Gasteiger partial charge in [-0.2, -0.15) is 0 Å². The Morgan fingerprint density at radius 2 is 1.97 bits per heavy atom. The highest BCUT2D eigenvalue weighted by Crippen LogP contribution is 2.28. The number of morpholine rings is 1. The van der Waals surface area contributed by atoms with Crippen molar-refractivity contribution in [1.29, 1.82) is 0 Å². The number of fused-ring (bicyclic) bond motifs is 1. The lowest BCUT2D eigenvalue weighted by Gasteiger charge is -2.28. The monoisotopic (exact) mass is 427 g/mol. The number of benzene rings is 1. The molecule has 2 N–H and O–H groups in total. The van der Waals surface area contributed by atoms with Crippen LogP contribution in [0.15, 0.2) is 29.1 Å². The van der Waals surface area contributed by atoms with E-state index < -0.39 is 0 Å². The van der Waals surface area contributed by atoms with E-state index in [1.807, 2.05) is 43.3 Å². The van der Waals surface area contributed by atoms with E-state index in [0.717, 1.165) is 32.0 Å². The third-order valence-electron chi connectivity index (χ3n) is 5.02. The minimum atomic E-state index is -0.233. The Bertz CT molecular complexity index is 1110. The summed E-state index contributed by atoms with van der Waals surface area (Å²) in [6.07, 6.45) is 0. The Balaban J connectivity index is 1.55. The van der Waals surface area contributed by atoms with Crippen LogP contribution in [-0.4, -0.2) is 61.2 Å². The molecule has 1 aliphatic heterocycles. The molecule has 0 atom stereocenters. The number of aromatic nitrogens is 2. The van der Waals surface area contributed by atoms with Gasteiger partial charge in [0, 0.05) is 24.5 Å². The zero-order chi connectivity index (χ0) is 21.3. The molecule has 1 aliphatic rings. The van der Waals surface area contributed by atoms with E-state index in [9.17, 15) is 9.59 Å². The lowest BCUT2D eigenvalue weighted by molar-refractivity contribution is 0.103. The average molecular weight is 428 g/mol. The summed E-state index contributed by atoms with van der Waals surface area (Å²) < 4.78 is 5.39. The first-order valence-corrected chi connectivity index (χ1v) is 10.6. The van der Waals surface area contributed by atoms with Gasteiger partial charge in [-0.15, -0.1) is 11.3 Å². The van der Waals surface area contributed by atoms with Gasteiger partial charge in [0.25, 0.3) is 11.5 Å². The van der Waals surface area contributed by atoms with Gasteiger partial charge in [-0.1, -0.05) is 0 Å². The Morgan fingerprint density at radius 3 is 2.63 bits per heavy atom. The lowest BCUT2D eigenvalue weighted by Crippen LogP contribution is -2.36. The highest BCUT2D eigenvalue weighted by atomic mass is 32.1. The highest BCUT2D eigenvalue weighted by Gasteiger charge is 2.20. The van der Waals surface area contributed by atoms with Crippen LogP contribution in [0.5, 0.6) is 0 Å². The number of rotatable bonds is 5. The number of anilines is 2. The topological polar surface area (TPSA) is 90.6 Å². The first kappa shape index (κ1) is 20.5. The molecular weight excluding hydrogens is 402 g/mol. The number of carbonyl (C=O) groups is 1. The van der Waals surface area contributed by atoms with Gasteiger partial charge in [-0.25, -0.2) is 4.98 Å². The molecule has 4 rings (SSSR count). The molecule has 3 heterocycles. The predicted molar refractivity (Wildman–Crippen MR) is 120 cm³/mol. The van der Waals surface area contributed by atoms with Crippen molar-refractivity contribution in [2.45, 2.75) is 13.5 Å². The van der Waals surface area contributed by atoms with Crippen LogP contribution in [-0.2, 0) is 11.3 Å². The molecule has 3 aromatic rings. The number of nitrogens with one attached hydrogen (secondary N) is 2. The molecule has 1 aromatic carbocycles. The third-order valence-corrected chi connectivity index (χ3v) is 6.21. The quantitative estimate of drug-likeness (QED) is 0.650. The van der Waals surface area contributed by atoms with E-state index in [1.54, 1.807) is 6.92 Å². The van der Waals surface area contributed by atoms with Crippen LogP contribution >= 0.6 is 11.3 Å². The molecule has 0 bridgehead atoms. The summed E-state index contributed by atoms with van der Waals surface area (Å²) in [4.78, 5) is 38.0. The molecule has 1 fully saturated rings. The van der Waals surface area contributed by atoms with E-state index in [1.165, 1.54) is 11.3 Å². The Kier molecular flexibility index (Phi) is 5.85. The number of hydrogen-bond acceptors (Lipinski definition) is 7. The van der Waals surface area contributed by atoms with Crippen molar-refractivity contribution < 1.29 is 9.53 Å². The number of aryl methyl sites for hydroxylation is 1. The molecule has 8 nitrogen and oxygen atoms in total. The molecule has 0 aliphatic carbocycles. The first-order valence-electron chi connectivity index (χ1n) is 9.83. The van der Waals surface area contributed by atoms with Gasteiger partial charge >= 0.3 is 0 Å². The maximum atomic E-state index is 12.9. The minimum absolute atomic E-state index is 0.209. The summed E-state index contributed by atoms with van der Waals surface area (Å²) in [5.41, 5.74) is 2.27. The Hall–Kier alpha value is -2.75. The normalized spacial score (nSPS) is 14.5. The summed E-state index contributed by atoms with van der Waals surface area (Å²) in [5, 5.41) is 3.42. The number of carbonyl (C=O) groups excluding carboxylic acids is 1. The number of ether oxygens (including phenoxy) is 1. The van der Waals surface area contributed by atoms with Crippen LogP contribution < -0.4 is 15.8 Å². The van der Waals surface area contributed by atoms with Gasteiger partial charge in [-0.05, 0) is 50.8 Å². The van der Waals surface area contributed by atoms with Gasteiger partial charge in [-0.3, -0.25) is 9.59 Å². The van der Waals surface area contributed by atoms with Crippen molar-refractivity contribution in [1.82, 2.24) is 14.9 Å². The van der Waals surface area contributed by atoms with E-state index in [4.69, 9.17) is 4.74 Å². The molecule has 158 valence electrons. The first-order chi connectivity index (χ1) is 14.4. The molecule has 2 aromatic heterocycles. The van der Waals surface area contributed by atoms with E-state index >= 15 is 0 Å². The number of nitrogens with zero attached hydrogens (tertiary/aromatic N) is 3. The zero-order valence-corrected chi connectivity index (χ0v) is 18.1. The van der Waals surface area contributed by atoms with Crippen LogP contribution in [0, 0.1) is 6.92 Å². The van der Waals surface area contributed by atoms with Crippen molar-refractivity contribution in [3.8, 4) is 0 Å². The van der Waals surface area contributed by atoms with Crippen molar-refractivity contribution in [3.05, 3.63) is 50.9 Å². The largest absolute Gasteiger partial charge is 0.378 e. The van der Waals surface area contributed by atoms with Gasteiger partial charge in [0.15, 0.2) is 0 Å². The number of thiophene rings is 1. The fourth-order valence-electron chi connectivity index (χ4n) is 3.54. The number of aromatic amines is 1. The lowest BCUT2D eigenvalue weighted by atomic mass is 10.2. The van der Waals surface area contributed by atoms with Gasteiger partial charge < -0.3 is 24.8 Å². The maximum Gasteiger partial charge on any atom is 0.266 e. The number of amides is 1. The molecular formula is C21H25N5O3S. The maximum absolute atomic E-state index is 12.9. The van der Waals surface area contributed by atoms with Crippen molar-refractivity contribution in [2.24, 2.45) is 0 Å². The van der Waals surface area contributed by atoms with Crippen LogP contribution in [0.2, 0.25) is 0 Å². The van der Waals surface area contributed by atoms with Gasteiger partial charge in [0.2, 0.25) is 0 Å². The second-order valence-electron chi connectivity index (χ2n) is 7.59. The second-order valence-corrected chi connectivity index (χ2v) is 8.59.